The summed E-state index contributed by atoms with van der Waals surface area (Å²) in [6.07, 6.45) is 5.89. The number of aliphatic hydroxyl groups is 1. The van der Waals surface area contributed by atoms with Crippen LogP contribution in [0.15, 0.2) is 34.1 Å². The highest BCUT2D eigenvalue weighted by Crippen LogP contribution is 2.31. The molecule has 9 nitrogen and oxygen atoms in total. The number of aliphatic hydroxyl groups excluding tert-OH is 1. The van der Waals surface area contributed by atoms with Crippen molar-refractivity contribution in [1.29, 1.82) is 0 Å². The molecule has 2 aromatic carbocycles. The van der Waals surface area contributed by atoms with Crippen LogP contribution in [0, 0.1) is 7.14 Å². The van der Waals surface area contributed by atoms with Crippen molar-refractivity contribution in [1.82, 2.24) is 0 Å². The number of thioether (sulfide) groups is 2. The average Bonchev–Trinajstić information content (AvgIpc) is 2.74. The second-order valence-corrected chi connectivity index (χ2v) is 14.3. The van der Waals surface area contributed by atoms with Gasteiger partial charge in [0.05, 0.1) is 42.7 Å². The first-order valence-corrected chi connectivity index (χ1v) is 18.0. The summed E-state index contributed by atoms with van der Waals surface area (Å²) in [6.45, 7) is 1.99. The number of nitrogens with one attached hydrogen (secondary N) is 2. The number of halogens is 2. The molecule has 0 amide bonds. The molecule has 0 unspecified atom stereocenters. The molecule has 3 N–H and O–H groups in total. The van der Waals surface area contributed by atoms with Crippen molar-refractivity contribution in [2.24, 2.45) is 0 Å². The van der Waals surface area contributed by atoms with E-state index in [4.69, 9.17) is 9.84 Å². The van der Waals surface area contributed by atoms with E-state index in [-0.39, 0.29) is 6.61 Å². The fourth-order valence-corrected chi connectivity index (χ4v) is 6.55. The van der Waals surface area contributed by atoms with Gasteiger partial charge in [0.1, 0.15) is 0 Å². The van der Waals surface area contributed by atoms with E-state index in [1.165, 1.54) is 23.5 Å². The van der Waals surface area contributed by atoms with Gasteiger partial charge < -0.3 is 9.84 Å². The van der Waals surface area contributed by atoms with E-state index in [1.54, 1.807) is 31.2 Å². The highest BCUT2D eigenvalue weighted by molar-refractivity contribution is 14.1. The number of sulfonamides is 2. The largest absolute Gasteiger partial charge is 0.462 e. The molecule has 196 valence electrons. The Balaban J connectivity index is 0.000000355. The second-order valence-electron chi connectivity index (χ2n) is 6.80. The van der Waals surface area contributed by atoms with Crippen LogP contribution in [0.4, 0.5) is 11.4 Å². The lowest BCUT2D eigenvalue weighted by atomic mass is 10.2. The molecule has 0 aliphatic carbocycles. The van der Waals surface area contributed by atoms with Gasteiger partial charge in [-0.25, -0.2) is 21.6 Å². The fourth-order valence-electron chi connectivity index (χ4n) is 2.55. The molecular weight excluding hydrogens is 762 g/mol. The molecule has 0 spiro atoms. The van der Waals surface area contributed by atoms with Gasteiger partial charge in [0.25, 0.3) is 0 Å². The molecule has 0 atom stereocenters. The third-order valence-electron chi connectivity index (χ3n) is 3.92. The topological polar surface area (TPSA) is 139 Å². The zero-order chi connectivity index (χ0) is 27.0. The van der Waals surface area contributed by atoms with Gasteiger partial charge in [-0.15, -0.1) is 23.5 Å². The van der Waals surface area contributed by atoms with Crippen molar-refractivity contribution in [3.05, 3.63) is 42.5 Å². The van der Waals surface area contributed by atoms with Gasteiger partial charge in [-0.3, -0.25) is 9.44 Å². The zero-order valence-electron chi connectivity index (χ0n) is 19.5. The number of rotatable bonds is 9. The summed E-state index contributed by atoms with van der Waals surface area (Å²) < 4.78 is 56.0. The molecule has 0 fully saturated rings. The molecule has 0 aliphatic heterocycles. The third kappa shape index (κ3) is 11.2. The van der Waals surface area contributed by atoms with Crippen molar-refractivity contribution in [2.45, 2.75) is 23.3 Å². The number of ether oxygens (including phenoxy) is 1. The van der Waals surface area contributed by atoms with Gasteiger partial charge in [0, 0.05) is 16.9 Å². The Morgan fingerprint density at radius 2 is 1.37 bits per heavy atom. The van der Waals surface area contributed by atoms with Gasteiger partial charge in [-0.05, 0) is 94.4 Å². The Morgan fingerprint density at radius 3 is 1.77 bits per heavy atom. The number of hydrogen-bond acceptors (Lipinski definition) is 9. The quantitative estimate of drug-likeness (QED) is 0.191. The summed E-state index contributed by atoms with van der Waals surface area (Å²) in [6, 6.07) is 6.77. The van der Waals surface area contributed by atoms with Crippen LogP contribution in [0.5, 0.6) is 0 Å². The van der Waals surface area contributed by atoms with Crippen molar-refractivity contribution < 1.29 is 31.5 Å². The molecule has 0 saturated carbocycles. The van der Waals surface area contributed by atoms with Crippen molar-refractivity contribution >= 4 is 106 Å². The lowest BCUT2D eigenvalue weighted by molar-refractivity contribution is 0.0522. The van der Waals surface area contributed by atoms with Crippen LogP contribution in [0.1, 0.15) is 22.8 Å². The Morgan fingerprint density at radius 1 is 0.914 bits per heavy atom. The molecule has 0 heterocycles. The molecule has 0 bridgehead atoms. The number of benzene rings is 2. The SMILES string of the molecule is CCOC(=O)c1cc(I)c(NS(C)(=O)=O)cc1SC.CSc1cc(NS(C)(=O)=O)c(I)cc1CO. The van der Waals surface area contributed by atoms with Gasteiger partial charge in [0.15, 0.2) is 0 Å². The van der Waals surface area contributed by atoms with E-state index in [9.17, 15) is 21.6 Å². The molecule has 15 heteroatoms. The van der Waals surface area contributed by atoms with Crippen LogP contribution in [-0.4, -0.2) is 59.5 Å². The number of carbonyl (C=O) groups is 1. The van der Waals surface area contributed by atoms with Crippen LogP contribution >= 0.6 is 68.7 Å². The maximum absolute atomic E-state index is 11.8. The Hall–Kier alpha value is -0.470. The van der Waals surface area contributed by atoms with E-state index in [1.807, 2.05) is 57.7 Å². The Bertz CT molecular complexity index is 1270. The maximum Gasteiger partial charge on any atom is 0.339 e. The summed E-state index contributed by atoms with van der Waals surface area (Å²) in [7, 11) is -6.62. The van der Waals surface area contributed by atoms with E-state index in [2.05, 4.69) is 9.44 Å². The normalized spacial score (nSPS) is 11.3. The summed E-state index contributed by atoms with van der Waals surface area (Å²) >= 11 is 6.84. The first-order valence-electron chi connectivity index (χ1n) is 9.63. The van der Waals surface area contributed by atoms with Crippen LogP contribution in [0.25, 0.3) is 0 Å². The predicted octanol–water partition coefficient (Wildman–Crippen LogP) is 4.44. The van der Waals surface area contributed by atoms with E-state index < -0.39 is 26.0 Å². The summed E-state index contributed by atoms with van der Waals surface area (Å²) in [5.41, 5.74) is 2.25. The standard InChI is InChI=1S/C11H14INO4S2.C9H12INO3S2/c1-4-17-11(14)7-5-8(12)9(6-10(7)18-2)13-19(3,15)16;1-15-9-4-8(11-16(2,13)14)7(10)3-6(9)5-12/h5-6,13H,4H2,1-3H3;3-4,11-12H,5H2,1-2H3. The Labute approximate surface area is 242 Å². The summed E-state index contributed by atoms with van der Waals surface area (Å²) in [5.74, 6) is -0.407. The third-order valence-corrected chi connectivity index (χ3v) is 8.48. The average molecular weight is 789 g/mol. The fraction of sp³-hybridized carbons (Fsp3) is 0.350. The van der Waals surface area contributed by atoms with E-state index >= 15 is 0 Å². The maximum atomic E-state index is 11.8. The lowest BCUT2D eigenvalue weighted by Gasteiger charge is -2.12. The van der Waals surface area contributed by atoms with Crippen LogP contribution in [0.3, 0.4) is 0 Å². The molecule has 2 rings (SSSR count). The molecular formula is C20H26I2N2O7S4. The molecule has 0 saturated heterocycles. The first-order chi connectivity index (χ1) is 16.1. The van der Waals surface area contributed by atoms with Gasteiger partial charge in [-0.2, -0.15) is 0 Å². The Kier molecular flexibility index (Phi) is 13.5. The monoisotopic (exact) mass is 788 g/mol. The predicted molar refractivity (Wildman–Crippen MR) is 161 cm³/mol. The second kappa shape index (κ2) is 14.5. The van der Waals surface area contributed by atoms with Crippen molar-refractivity contribution in [3.63, 3.8) is 0 Å². The highest BCUT2D eigenvalue weighted by Gasteiger charge is 2.17. The van der Waals surface area contributed by atoms with E-state index in [0.717, 1.165) is 26.5 Å². The molecule has 0 radical (unpaired) electrons. The molecule has 2 aromatic rings. The summed E-state index contributed by atoms with van der Waals surface area (Å²) in [5, 5.41) is 9.14. The van der Waals surface area contributed by atoms with Gasteiger partial charge >= 0.3 is 5.97 Å². The lowest BCUT2D eigenvalue weighted by Crippen LogP contribution is -2.12. The van der Waals surface area contributed by atoms with Crippen molar-refractivity contribution in [2.75, 3.05) is 41.1 Å². The van der Waals surface area contributed by atoms with Crippen LogP contribution < -0.4 is 9.44 Å². The number of hydrogen-bond donors (Lipinski definition) is 3. The minimum absolute atomic E-state index is 0.0503. The first kappa shape index (κ1) is 32.6. The van der Waals surface area contributed by atoms with Crippen LogP contribution in [-0.2, 0) is 31.4 Å². The minimum Gasteiger partial charge on any atom is -0.462 e. The van der Waals surface area contributed by atoms with Crippen LogP contribution in [0.2, 0.25) is 0 Å². The number of esters is 1. The number of anilines is 2. The van der Waals surface area contributed by atoms with E-state index in [0.29, 0.717) is 32.0 Å². The van der Waals surface area contributed by atoms with Gasteiger partial charge in [0.2, 0.25) is 20.0 Å². The van der Waals surface area contributed by atoms with Crippen molar-refractivity contribution in [3.8, 4) is 0 Å². The highest BCUT2D eigenvalue weighted by atomic mass is 127. The molecule has 0 aromatic heterocycles. The minimum atomic E-state index is -3.35. The molecule has 35 heavy (non-hydrogen) atoms. The molecule has 0 aliphatic rings. The number of carbonyl (C=O) groups excluding carboxylic acids is 1. The smallest absolute Gasteiger partial charge is 0.339 e. The zero-order valence-corrected chi connectivity index (χ0v) is 27.1. The van der Waals surface area contributed by atoms with Gasteiger partial charge in [-0.1, -0.05) is 0 Å². The summed E-state index contributed by atoms with van der Waals surface area (Å²) in [4.78, 5) is 13.3.